The maximum Gasteiger partial charge on any atom is 0.286 e. The molecule has 0 bridgehead atoms. The first-order valence-corrected chi connectivity index (χ1v) is 10.6. The van der Waals surface area contributed by atoms with Crippen LogP contribution in [0, 0.1) is 0 Å². The number of nitrogens with two attached hydrogens (primary N) is 1. The SMILES string of the molecule is CC[C@H](C)c1ccc(OCCCOc2ccccc2/C=C2\SC(N)=NC2=O)cc1. The third-order valence-electron chi connectivity index (χ3n) is 4.72. The summed E-state index contributed by atoms with van der Waals surface area (Å²) in [4.78, 5) is 16.0. The molecule has 6 heteroatoms. The Morgan fingerprint density at radius 1 is 1.10 bits per heavy atom. The molecule has 1 heterocycles. The zero-order valence-electron chi connectivity index (χ0n) is 16.8. The van der Waals surface area contributed by atoms with E-state index in [-0.39, 0.29) is 11.1 Å². The van der Waals surface area contributed by atoms with Crippen LogP contribution in [-0.4, -0.2) is 24.3 Å². The molecular formula is C23H26N2O3S. The van der Waals surface area contributed by atoms with Crippen molar-refractivity contribution in [1.29, 1.82) is 0 Å². The van der Waals surface area contributed by atoms with Crippen LogP contribution in [0.5, 0.6) is 11.5 Å². The van der Waals surface area contributed by atoms with Gasteiger partial charge in [-0.15, -0.1) is 0 Å². The van der Waals surface area contributed by atoms with E-state index in [1.165, 1.54) is 17.3 Å². The van der Waals surface area contributed by atoms with Crippen molar-refractivity contribution in [2.45, 2.75) is 32.6 Å². The lowest BCUT2D eigenvalue weighted by atomic mass is 9.99. The molecule has 0 radical (unpaired) electrons. The number of carbonyl (C=O) groups is 1. The van der Waals surface area contributed by atoms with Crippen LogP contribution in [0.25, 0.3) is 6.08 Å². The highest BCUT2D eigenvalue weighted by Gasteiger charge is 2.20. The van der Waals surface area contributed by atoms with E-state index < -0.39 is 0 Å². The fraction of sp³-hybridized carbons (Fsp3) is 0.304. The Hall–Kier alpha value is -2.73. The monoisotopic (exact) mass is 410 g/mol. The zero-order chi connectivity index (χ0) is 20.6. The van der Waals surface area contributed by atoms with E-state index in [0.717, 1.165) is 29.9 Å². The van der Waals surface area contributed by atoms with Gasteiger partial charge in [0.05, 0.1) is 18.1 Å². The molecule has 1 atom stereocenters. The molecule has 2 aromatic carbocycles. The molecule has 0 unspecified atom stereocenters. The summed E-state index contributed by atoms with van der Waals surface area (Å²) in [7, 11) is 0. The van der Waals surface area contributed by atoms with Gasteiger partial charge in [-0.2, -0.15) is 4.99 Å². The van der Waals surface area contributed by atoms with Crippen molar-refractivity contribution in [3.63, 3.8) is 0 Å². The van der Waals surface area contributed by atoms with Crippen LogP contribution >= 0.6 is 11.8 Å². The topological polar surface area (TPSA) is 73.9 Å². The average molecular weight is 411 g/mol. The Bertz CT molecular complexity index is 907. The molecule has 0 fully saturated rings. The van der Waals surface area contributed by atoms with Gasteiger partial charge < -0.3 is 15.2 Å². The molecule has 5 nitrogen and oxygen atoms in total. The van der Waals surface area contributed by atoms with Crippen molar-refractivity contribution in [1.82, 2.24) is 0 Å². The molecule has 0 aliphatic carbocycles. The summed E-state index contributed by atoms with van der Waals surface area (Å²) in [6.07, 6.45) is 3.64. The fourth-order valence-corrected chi connectivity index (χ4v) is 3.53. The largest absolute Gasteiger partial charge is 0.493 e. The summed E-state index contributed by atoms with van der Waals surface area (Å²) in [6, 6.07) is 15.9. The van der Waals surface area contributed by atoms with Gasteiger partial charge in [-0.25, -0.2) is 0 Å². The third-order valence-corrected chi connectivity index (χ3v) is 5.53. The Balaban J connectivity index is 1.48. The van der Waals surface area contributed by atoms with E-state index in [0.29, 0.717) is 24.0 Å². The van der Waals surface area contributed by atoms with E-state index >= 15 is 0 Å². The molecule has 152 valence electrons. The van der Waals surface area contributed by atoms with Crippen molar-refractivity contribution < 1.29 is 14.3 Å². The van der Waals surface area contributed by atoms with Crippen LogP contribution in [-0.2, 0) is 4.79 Å². The zero-order valence-corrected chi connectivity index (χ0v) is 17.6. The van der Waals surface area contributed by atoms with E-state index in [4.69, 9.17) is 15.2 Å². The highest BCUT2D eigenvalue weighted by Crippen LogP contribution is 2.29. The van der Waals surface area contributed by atoms with Gasteiger partial charge in [0.1, 0.15) is 11.5 Å². The Morgan fingerprint density at radius 3 is 2.52 bits per heavy atom. The number of nitrogens with zero attached hydrogens (tertiary/aromatic N) is 1. The number of amides is 1. The highest BCUT2D eigenvalue weighted by atomic mass is 32.2. The minimum Gasteiger partial charge on any atom is -0.493 e. The normalized spacial score (nSPS) is 16.0. The van der Waals surface area contributed by atoms with Crippen molar-refractivity contribution >= 4 is 28.9 Å². The number of para-hydroxylation sites is 1. The van der Waals surface area contributed by atoms with Crippen molar-refractivity contribution in [3.05, 3.63) is 64.6 Å². The molecule has 0 spiro atoms. The van der Waals surface area contributed by atoms with E-state index in [2.05, 4.69) is 31.0 Å². The Morgan fingerprint density at radius 2 is 1.83 bits per heavy atom. The molecule has 29 heavy (non-hydrogen) atoms. The van der Waals surface area contributed by atoms with Gasteiger partial charge in [0.2, 0.25) is 0 Å². The number of hydrogen-bond acceptors (Lipinski definition) is 5. The molecule has 1 aliphatic heterocycles. The van der Waals surface area contributed by atoms with Gasteiger partial charge in [0.15, 0.2) is 5.17 Å². The minimum atomic E-state index is -0.310. The second-order valence-corrected chi connectivity index (χ2v) is 7.89. The van der Waals surface area contributed by atoms with E-state index in [9.17, 15) is 4.79 Å². The predicted molar refractivity (Wildman–Crippen MR) is 119 cm³/mol. The summed E-state index contributed by atoms with van der Waals surface area (Å²) in [5, 5.41) is 0.272. The molecule has 0 saturated heterocycles. The van der Waals surface area contributed by atoms with E-state index in [1.807, 2.05) is 36.4 Å². The van der Waals surface area contributed by atoms with Crippen LogP contribution in [0.2, 0.25) is 0 Å². The van der Waals surface area contributed by atoms with Crippen LogP contribution < -0.4 is 15.2 Å². The Kier molecular flexibility index (Phi) is 7.36. The molecule has 1 aliphatic rings. The van der Waals surface area contributed by atoms with Crippen molar-refractivity contribution in [2.24, 2.45) is 10.7 Å². The molecular weight excluding hydrogens is 384 g/mol. The van der Waals surface area contributed by atoms with Gasteiger partial charge in [-0.05, 0) is 53.9 Å². The smallest absolute Gasteiger partial charge is 0.286 e. The first-order chi connectivity index (χ1) is 14.1. The molecule has 3 rings (SSSR count). The maximum atomic E-state index is 11.8. The summed E-state index contributed by atoms with van der Waals surface area (Å²) in [6.45, 7) is 5.51. The number of rotatable bonds is 9. The first-order valence-electron chi connectivity index (χ1n) is 9.79. The van der Waals surface area contributed by atoms with Gasteiger partial charge >= 0.3 is 0 Å². The van der Waals surface area contributed by atoms with Crippen LogP contribution in [0.3, 0.4) is 0 Å². The molecule has 2 aromatic rings. The summed E-state index contributed by atoms with van der Waals surface area (Å²) in [5.74, 6) is 1.84. The quantitative estimate of drug-likeness (QED) is 0.466. The maximum absolute atomic E-state index is 11.8. The lowest BCUT2D eigenvalue weighted by Crippen LogP contribution is -2.06. The number of carbonyl (C=O) groups excluding carboxylic acids is 1. The summed E-state index contributed by atoms with van der Waals surface area (Å²) >= 11 is 1.17. The number of hydrogen-bond donors (Lipinski definition) is 1. The minimum absolute atomic E-state index is 0.272. The van der Waals surface area contributed by atoms with Gasteiger partial charge in [0.25, 0.3) is 5.91 Å². The number of thioether (sulfide) groups is 1. The standard InChI is InChI=1S/C23H26N2O3S/c1-3-16(2)17-9-11-19(12-10-17)27-13-6-14-28-20-8-5-4-7-18(20)15-21-22(26)25-23(24)29-21/h4-5,7-12,15-16H,3,6,13-14H2,1-2H3,(H2,24,25,26)/b21-15-/t16-/m0/s1. The highest BCUT2D eigenvalue weighted by molar-refractivity contribution is 8.18. The molecule has 0 aromatic heterocycles. The second kappa shape index (κ2) is 10.2. The molecule has 0 saturated carbocycles. The Labute approximate surface area is 176 Å². The summed E-state index contributed by atoms with van der Waals surface area (Å²) < 4.78 is 11.7. The second-order valence-electron chi connectivity index (χ2n) is 6.83. The number of amidine groups is 1. The molecule has 1 amide bonds. The molecule has 2 N–H and O–H groups in total. The van der Waals surface area contributed by atoms with Gasteiger partial charge in [0, 0.05) is 12.0 Å². The van der Waals surface area contributed by atoms with Crippen LogP contribution in [0.15, 0.2) is 58.4 Å². The average Bonchev–Trinajstić information content (AvgIpc) is 3.05. The van der Waals surface area contributed by atoms with Crippen molar-refractivity contribution in [3.8, 4) is 11.5 Å². The number of ether oxygens (including phenoxy) is 2. The number of benzene rings is 2. The van der Waals surface area contributed by atoms with Gasteiger partial charge in [-0.1, -0.05) is 44.2 Å². The van der Waals surface area contributed by atoms with E-state index in [1.54, 1.807) is 6.08 Å². The number of aliphatic imine (C=N–C) groups is 1. The van der Waals surface area contributed by atoms with Crippen molar-refractivity contribution in [2.75, 3.05) is 13.2 Å². The predicted octanol–water partition coefficient (Wildman–Crippen LogP) is 4.98. The lowest BCUT2D eigenvalue weighted by molar-refractivity contribution is -0.113. The fourth-order valence-electron chi connectivity index (χ4n) is 2.86. The van der Waals surface area contributed by atoms with Gasteiger partial charge in [-0.3, -0.25) is 4.79 Å². The first kappa shape index (κ1) is 21.0. The van der Waals surface area contributed by atoms with Crippen LogP contribution in [0.1, 0.15) is 43.7 Å². The van der Waals surface area contributed by atoms with Crippen LogP contribution in [0.4, 0.5) is 0 Å². The third kappa shape index (κ3) is 5.87. The lowest BCUT2D eigenvalue weighted by Gasteiger charge is -2.12. The summed E-state index contributed by atoms with van der Waals surface area (Å²) in [5.41, 5.74) is 7.77.